The predicted octanol–water partition coefficient (Wildman–Crippen LogP) is 3.97. The van der Waals surface area contributed by atoms with E-state index in [2.05, 4.69) is 5.32 Å². The lowest BCUT2D eigenvalue weighted by Gasteiger charge is -2.29. The van der Waals surface area contributed by atoms with E-state index in [-0.39, 0.29) is 41.4 Å². The number of rotatable bonds is 7. The number of fused-ring (bicyclic) bond motifs is 1. The number of para-hydroxylation sites is 2. The van der Waals surface area contributed by atoms with E-state index in [4.69, 9.17) is 21.1 Å². The fraction of sp³-hybridized carbons (Fsp3) is 0.375. The fourth-order valence-corrected chi connectivity index (χ4v) is 3.99. The Bertz CT molecular complexity index is 1060. The van der Waals surface area contributed by atoms with E-state index in [0.29, 0.717) is 29.5 Å². The molecule has 176 valence electrons. The van der Waals surface area contributed by atoms with Crippen LogP contribution in [0.5, 0.6) is 11.5 Å². The Morgan fingerprint density at radius 1 is 1.27 bits per heavy atom. The van der Waals surface area contributed by atoms with Crippen molar-refractivity contribution >= 4 is 40.7 Å². The number of amides is 3. The average Bonchev–Trinajstić information content (AvgIpc) is 2.91. The summed E-state index contributed by atoms with van der Waals surface area (Å²) < 4.78 is 11.0. The van der Waals surface area contributed by atoms with Crippen LogP contribution in [0.1, 0.15) is 37.0 Å². The van der Waals surface area contributed by atoms with Gasteiger partial charge in [-0.1, -0.05) is 30.7 Å². The van der Waals surface area contributed by atoms with E-state index in [1.165, 1.54) is 18.1 Å². The van der Waals surface area contributed by atoms with Crippen molar-refractivity contribution in [3.05, 3.63) is 47.0 Å². The summed E-state index contributed by atoms with van der Waals surface area (Å²) in [5.41, 5.74) is 1.44. The number of carbonyl (C=O) groups is 3. The van der Waals surface area contributed by atoms with Gasteiger partial charge in [0.1, 0.15) is 6.54 Å². The maximum absolute atomic E-state index is 13.3. The van der Waals surface area contributed by atoms with Gasteiger partial charge in [0.05, 0.1) is 30.1 Å². The Morgan fingerprint density at radius 3 is 2.70 bits per heavy atom. The molecule has 8 nitrogen and oxygen atoms in total. The molecule has 1 aliphatic rings. The summed E-state index contributed by atoms with van der Waals surface area (Å²) in [7, 11) is 3.01. The van der Waals surface area contributed by atoms with Crippen LogP contribution in [0.3, 0.4) is 0 Å². The van der Waals surface area contributed by atoms with Gasteiger partial charge in [0.25, 0.3) is 5.91 Å². The summed E-state index contributed by atoms with van der Waals surface area (Å²) in [6.45, 7) is 4.06. The second-order valence-electron chi connectivity index (χ2n) is 7.88. The zero-order valence-corrected chi connectivity index (χ0v) is 19.9. The number of nitrogens with one attached hydrogen (secondary N) is 1. The lowest BCUT2D eigenvalue weighted by molar-refractivity contribution is -0.119. The molecule has 0 bridgehead atoms. The van der Waals surface area contributed by atoms with Crippen LogP contribution in [-0.4, -0.2) is 56.0 Å². The van der Waals surface area contributed by atoms with E-state index in [0.717, 1.165) is 6.42 Å². The standard InChI is InChI=1S/C24H28ClN3O5/c1-5-10-33-23-17(25)12-16(13-20(23)32-4)24(31)27(3)14-22(30)28-15(2)11-21(29)26-18-8-6-7-9-19(18)28/h6-9,12-13,15H,5,10-11,14H2,1-4H3,(H,26,29). The molecule has 0 saturated carbocycles. The van der Waals surface area contributed by atoms with E-state index in [1.807, 2.05) is 6.92 Å². The molecular weight excluding hydrogens is 446 g/mol. The highest BCUT2D eigenvalue weighted by Gasteiger charge is 2.31. The first-order valence-corrected chi connectivity index (χ1v) is 11.1. The first kappa shape index (κ1) is 24.4. The lowest BCUT2D eigenvalue weighted by atomic mass is 10.1. The van der Waals surface area contributed by atoms with Gasteiger partial charge in [0, 0.05) is 25.1 Å². The van der Waals surface area contributed by atoms with Crippen molar-refractivity contribution in [3.8, 4) is 11.5 Å². The number of ether oxygens (including phenoxy) is 2. The number of likely N-dealkylation sites (N-methyl/N-ethyl adjacent to an activating group) is 1. The quantitative estimate of drug-likeness (QED) is 0.657. The van der Waals surface area contributed by atoms with Crippen LogP contribution in [0.4, 0.5) is 11.4 Å². The van der Waals surface area contributed by atoms with Gasteiger partial charge in [-0.25, -0.2) is 0 Å². The minimum Gasteiger partial charge on any atom is -0.493 e. The Kier molecular flexibility index (Phi) is 7.81. The molecule has 1 atom stereocenters. The molecule has 33 heavy (non-hydrogen) atoms. The molecule has 2 aromatic rings. The minimum atomic E-state index is -0.393. The third-order valence-electron chi connectivity index (χ3n) is 5.27. The van der Waals surface area contributed by atoms with Crippen molar-refractivity contribution in [2.24, 2.45) is 0 Å². The zero-order chi connectivity index (χ0) is 24.1. The Balaban J connectivity index is 1.82. The summed E-state index contributed by atoms with van der Waals surface area (Å²) in [6.07, 6.45) is 0.953. The second kappa shape index (κ2) is 10.6. The van der Waals surface area contributed by atoms with E-state index in [1.54, 1.807) is 49.2 Å². The maximum atomic E-state index is 13.3. The molecule has 0 radical (unpaired) electrons. The number of methoxy groups -OCH3 is 1. The Morgan fingerprint density at radius 2 is 2.00 bits per heavy atom. The van der Waals surface area contributed by atoms with Crippen molar-refractivity contribution in [2.75, 3.05) is 37.5 Å². The molecule has 2 aromatic carbocycles. The number of carbonyl (C=O) groups excluding carboxylic acids is 3. The van der Waals surface area contributed by atoms with Crippen LogP contribution >= 0.6 is 11.6 Å². The van der Waals surface area contributed by atoms with Crippen molar-refractivity contribution in [1.82, 2.24) is 4.90 Å². The van der Waals surface area contributed by atoms with E-state index >= 15 is 0 Å². The monoisotopic (exact) mass is 473 g/mol. The smallest absolute Gasteiger partial charge is 0.254 e. The van der Waals surface area contributed by atoms with Gasteiger partial charge in [0.2, 0.25) is 11.8 Å². The molecule has 1 aliphatic heterocycles. The largest absolute Gasteiger partial charge is 0.493 e. The fourth-order valence-electron chi connectivity index (χ4n) is 3.73. The number of halogens is 1. The minimum absolute atomic E-state index is 0.157. The second-order valence-corrected chi connectivity index (χ2v) is 8.29. The summed E-state index contributed by atoms with van der Waals surface area (Å²) in [6, 6.07) is 9.80. The summed E-state index contributed by atoms with van der Waals surface area (Å²) in [4.78, 5) is 41.4. The molecule has 0 fully saturated rings. The molecule has 9 heteroatoms. The Labute approximate surface area is 198 Å². The van der Waals surface area contributed by atoms with Gasteiger partial charge >= 0.3 is 0 Å². The van der Waals surface area contributed by atoms with E-state index in [9.17, 15) is 14.4 Å². The third kappa shape index (κ3) is 5.39. The van der Waals surface area contributed by atoms with Gasteiger partial charge in [-0.15, -0.1) is 0 Å². The number of benzene rings is 2. The van der Waals surface area contributed by atoms with Gasteiger partial charge in [-0.2, -0.15) is 0 Å². The molecule has 3 rings (SSSR count). The van der Waals surface area contributed by atoms with Crippen LogP contribution in [-0.2, 0) is 9.59 Å². The van der Waals surface area contributed by atoms with E-state index < -0.39 is 5.91 Å². The normalized spacial score (nSPS) is 15.2. The third-order valence-corrected chi connectivity index (χ3v) is 5.55. The van der Waals surface area contributed by atoms with Gasteiger partial charge < -0.3 is 24.6 Å². The zero-order valence-electron chi connectivity index (χ0n) is 19.2. The SMILES string of the molecule is CCCOc1c(Cl)cc(C(=O)N(C)CC(=O)N2c3ccccc3NC(=O)CC2C)cc1OC. The molecule has 0 spiro atoms. The summed E-state index contributed by atoms with van der Waals surface area (Å²) in [5.74, 6) is -0.136. The van der Waals surface area contributed by atoms with Gasteiger partial charge in [-0.3, -0.25) is 14.4 Å². The van der Waals surface area contributed by atoms with Crippen LogP contribution in [0.2, 0.25) is 5.02 Å². The predicted molar refractivity (Wildman–Crippen MR) is 127 cm³/mol. The van der Waals surface area contributed by atoms with Crippen molar-refractivity contribution in [2.45, 2.75) is 32.7 Å². The van der Waals surface area contributed by atoms with Crippen molar-refractivity contribution in [3.63, 3.8) is 0 Å². The van der Waals surface area contributed by atoms with Crippen LogP contribution in [0, 0.1) is 0 Å². The molecule has 0 aliphatic carbocycles. The average molecular weight is 474 g/mol. The first-order valence-electron chi connectivity index (χ1n) is 10.7. The number of hydrogen-bond donors (Lipinski definition) is 1. The molecule has 1 N–H and O–H groups in total. The van der Waals surface area contributed by atoms with Gasteiger partial charge in [-0.05, 0) is 37.6 Å². The molecule has 1 heterocycles. The van der Waals surface area contributed by atoms with Crippen LogP contribution < -0.4 is 19.7 Å². The van der Waals surface area contributed by atoms with Crippen LogP contribution in [0.25, 0.3) is 0 Å². The van der Waals surface area contributed by atoms with Crippen LogP contribution in [0.15, 0.2) is 36.4 Å². The highest BCUT2D eigenvalue weighted by Crippen LogP contribution is 2.37. The summed E-state index contributed by atoms with van der Waals surface area (Å²) >= 11 is 6.34. The Hall–Kier alpha value is -3.26. The highest BCUT2D eigenvalue weighted by atomic mass is 35.5. The first-order chi connectivity index (χ1) is 15.8. The topological polar surface area (TPSA) is 88.2 Å². The van der Waals surface area contributed by atoms with Crippen molar-refractivity contribution < 1.29 is 23.9 Å². The maximum Gasteiger partial charge on any atom is 0.254 e. The van der Waals surface area contributed by atoms with Gasteiger partial charge in [0.15, 0.2) is 11.5 Å². The number of hydrogen-bond acceptors (Lipinski definition) is 5. The summed E-state index contributed by atoms with van der Waals surface area (Å²) in [5, 5.41) is 3.08. The molecule has 1 unspecified atom stereocenters. The molecular formula is C24H28ClN3O5. The number of anilines is 2. The van der Waals surface area contributed by atoms with Crippen molar-refractivity contribution in [1.29, 1.82) is 0 Å². The molecule has 3 amide bonds. The number of nitrogens with zero attached hydrogens (tertiary/aromatic N) is 2. The lowest BCUT2D eigenvalue weighted by Crippen LogP contribution is -2.45. The highest BCUT2D eigenvalue weighted by molar-refractivity contribution is 6.32. The molecule has 0 aromatic heterocycles. The molecule has 0 saturated heterocycles.